The predicted molar refractivity (Wildman–Crippen MR) is 103 cm³/mol. The lowest BCUT2D eigenvalue weighted by Crippen LogP contribution is -2.33. The van der Waals surface area contributed by atoms with Crippen molar-refractivity contribution >= 4 is 38.5 Å². The molecule has 0 saturated carbocycles. The Bertz CT molecular complexity index is 952. The monoisotopic (exact) mass is 369 g/mol. The second-order valence-electron chi connectivity index (χ2n) is 5.60. The van der Waals surface area contributed by atoms with Crippen molar-refractivity contribution in [2.75, 3.05) is 18.5 Å². The fourth-order valence-corrected chi connectivity index (χ4v) is 3.45. The van der Waals surface area contributed by atoms with Gasteiger partial charge in [-0.15, -0.1) is 0 Å². The van der Waals surface area contributed by atoms with Crippen molar-refractivity contribution in [1.82, 2.24) is 10.3 Å². The van der Waals surface area contributed by atoms with Crippen LogP contribution in [0.15, 0.2) is 42.5 Å². The molecular formula is C19H19N3O3S. The molecule has 0 radical (unpaired) electrons. The normalized spacial score (nSPS) is 10.5. The number of carbonyl (C=O) groups excluding carboxylic acids is 2. The third kappa shape index (κ3) is 4.00. The number of hydrogen-bond acceptors (Lipinski definition) is 5. The highest BCUT2D eigenvalue weighted by Crippen LogP contribution is 2.27. The summed E-state index contributed by atoms with van der Waals surface area (Å²) < 4.78 is 6.44. The molecule has 2 N–H and O–H groups in total. The molecular weight excluding hydrogens is 350 g/mol. The highest BCUT2D eigenvalue weighted by Gasteiger charge is 2.14. The number of thiazole rings is 1. The van der Waals surface area contributed by atoms with Crippen LogP contribution in [0.4, 0.5) is 5.13 Å². The Morgan fingerprint density at radius 2 is 1.96 bits per heavy atom. The molecule has 0 spiro atoms. The maximum Gasteiger partial charge on any atom is 0.255 e. The SMILES string of the molecule is CCOc1ccccc1C(=O)NCC(=O)Nc1nc2c(C)cccc2s1. The van der Waals surface area contributed by atoms with Crippen LogP contribution in [0.1, 0.15) is 22.8 Å². The van der Waals surface area contributed by atoms with Crippen LogP contribution in [0, 0.1) is 6.92 Å². The summed E-state index contributed by atoms with van der Waals surface area (Å²) in [6, 6.07) is 12.8. The Labute approximate surface area is 155 Å². The lowest BCUT2D eigenvalue weighted by Gasteiger charge is -2.10. The lowest BCUT2D eigenvalue weighted by molar-refractivity contribution is -0.115. The third-order valence-electron chi connectivity index (χ3n) is 3.71. The Hall–Kier alpha value is -2.93. The van der Waals surface area contributed by atoms with Gasteiger partial charge in [0.1, 0.15) is 5.75 Å². The van der Waals surface area contributed by atoms with Gasteiger partial charge in [-0.3, -0.25) is 9.59 Å². The maximum atomic E-state index is 12.3. The molecule has 0 saturated heterocycles. The summed E-state index contributed by atoms with van der Waals surface area (Å²) in [5, 5.41) is 5.85. The first kappa shape index (κ1) is 17.9. The minimum absolute atomic E-state index is 0.145. The number of carbonyl (C=O) groups is 2. The van der Waals surface area contributed by atoms with E-state index >= 15 is 0 Å². The Kier molecular flexibility index (Phi) is 5.48. The number of anilines is 1. The van der Waals surface area contributed by atoms with Gasteiger partial charge in [0.05, 0.1) is 28.9 Å². The Morgan fingerprint density at radius 1 is 1.15 bits per heavy atom. The molecule has 2 amide bonds. The van der Waals surface area contributed by atoms with Crippen LogP contribution in [0.5, 0.6) is 5.75 Å². The van der Waals surface area contributed by atoms with E-state index in [-0.39, 0.29) is 18.4 Å². The van der Waals surface area contributed by atoms with Crippen LogP contribution in [0.2, 0.25) is 0 Å². The molecule has 1 aromatic heterocycles. The van der Waals surface area contributed by atoms with Gasteiger partial charge in [0.15, 0.2) is 5.13 Å². The summed E-state index contributed by atoms with van der Waals surface area (Å²) in [7, 11) is 0. The van der Waals surface area contributed by atoms with E-state index in [1.54, 1.807) is 24.3 Å². The number of fused-ring (bicyclic) bond motifs is 1. The van der Waals surface area contributed by atoms with Gasteiger partial charge in [-0.2, -0.15) is 0 Å². The second-order valence-corrected chi connectivity index (χ2v) is 6.63. The van der Waals surface area contributed by atoms with Crippen molar-refractivity contribution in [2.24, 2.45) is 0 Å². The number of hydrogen-bond donors (Lipinski definition) is 2. The van der Waals surface area contributed by atoms with E-state index in [0.717, 1.165) is 15.8 Å². The van der Waals surface area contributed by atoms with E-state index in [1.807, 2.05) is 32.0 Å². The number of rotatable bonds is 6. The highest BCUT2D eigenvalue weighted by molar-refractivity contribution is 7.22. The van der Waals surface area contributed by atoms with Crippen LogP contribution in [-0.4, -0.2) is 29.9 Å². The van der Waals surface area contributed by atoms with Crippen LogP contribution in [0.25, 0.3) is 10.2 Å². The number of amides is 2. The number of aryl methyl sites for hydroxylation is 1. The van der Waals surface area contributed by atoms with Gasteiger partial charge in [-0.05, 0) is 37.6 Å². The van der Waals surface area contributed by atoms with E-state index in [4.69, 9.17) is 4.74 Å². The van der Waals surface area contributed by atoms with Gasteiger partial charge < -0.3 is 15.4 Å². The molecule has 0 unspecified atom stereocenters. The smallest absolute Gasteiger partial charge is 0.255 e. The quantitative estimate of drug-likeness (QED) is 0.698. The maximum absolute atomic E-state index is 12.3. The topological polar surface area (TPSA) is 80.3 Å². The second kappa shape index (κ2) is 7.97. The van der Waals surface area contributed by atoms with E-state index in [1.165, 1.54) is 11.3 Å². The predicted octanol–water partition coefficient (Wildman–Crippen LogP) is 3.37. The van der Waals surface area contributed by atoms with Gasteiger partial charge in [0.2, 0.25) is 5.91 Å². The molecule has 1 heterocycles. The Balaban J connectivity index is 1.61. The molecule has 3 rings (SSSR count). The summed E-state index contributed by atoms with van der Waals surface area (Å²) in [6.07, 6.45) is 0. The van der Waals surface area contributed by atoms with Crippen molar-refractivity contribution in [2.45, 2.75) is 13.8 Å². The molecule has 0 aliphatic heterocycles. The van der Waals surface area contributed by atoms with Crippen LogP contribution >= 0.6 is 11.3 Å². The molecule has 7 heteroatoms. The van der Waals surface area contributed by atoms with Crippen molar-refractivity contribution < 1.29 is 14.3 Å². The standard InChI is InChI=1S/C19H19N3O3S/c1-3-25-14-9-5-4-8-13(14)18(24)20-11-16(23)21-19-22-17-12(2)7-6-10-15(17)26-19/h4-10H,3,11H2,1-2H3,(H,20,24)(H,21,22,23). The fraction of sp³-hybridized carbons (Fsp3) is 0.211. The van der Waals surface area contributed by atoms with Gasteiger partial charge in [-0.25, -0.2) is 4.98 Å². The van der Waals surface area contributed by atoms with Crippen molar-refractivity contribution in [3.8, 4) is 5.75 Å². The molecule has 6 nitrogen and oxygen atoms in total. The van der Waals surface area contributed by atoms with Crippen LogP contribution < -0.4 is 15.4 Å². The molecule has 3 aromatic rings. The number of ether oxygens (including phenoxy) is 1. The molecule has 0 atom stereocenters. The first-order valence-corrected chi connectivity index (χ1v) is 9.06. The fourth-order valence-electron chi connectivity index (χ4n) is 2.49. The minimum Gasteiger partial charge on any atom is -0.493 e. The number of nitrogens with zero attached hydrogens (tertiary/aromatic N) is 1. The number of nitrogens with one attached hydrogen (secondary N) is 2. The summed E-state index contributed by atoms with van der Waals surface area (Å²) in [5.41, 5.74) is 2.33. The van der Waals surface area contributed by atoms with Gasteiger partial charge >= 0.3 is 0 Å². The van der Waals surface area contributed by atoms with E-state index in [9.17, 15) is 9.59 Å². The summed E-state index contributed by atoms with van der Waals surface area (Å²) >= 11 is 1.40. The average molecular weight is 369 g/mol. The van der Waals surface area contributed by atoms with Gasteiger partial charge in [0.25, 0.3) is 5.91 Å². The first-order chi connectivity index (χ1) is 12.6. The molecule has 2 aromatic carbocycles. The zero-order chi connectivity index (χ0) is 18.5. The van der Waals surface area contributed by atoms with Crippen LogP contribution in [-0.2, 0) is 4.79 Å². The minimum atomic E-state index is -0.357. The third-order valence-corrected chi connectivity index (χ3v) is 4.64. The van der Waals surface area contributed by atoms with Gasteiger partial charge in [-0.1, -0.05) is 35.6 Å². The van der Waals surface area contributed by atoms with E-state index < -0.39 is 0 Å². The number of para-hydroxylation sites is 2. The molecule has 0 aliphatic carbocycles. The Morgan fingerprint density at radius 3 is 2.73 bits per heavy atom. The summed E-state index contributed by atoms with van der Waals surface area (Å²) in [4.78, 5) is 28.9. The molecule has 26 heavy (non-hydrogen) atoms. The van der Waals surface area contributed by atoms with Crippen molar-refractivity contribution in [1.29, 1.82) is 0 Å². The largest absolute Gasteiger partial charge is 0.493 e. The summed E-state index contributed by atoms with van der Waals surface area (Å²) in [5.74, 6) is -0.192. The van der Waals surface area contributed by atoms with Crippen molar-refractivity contribution in [3.63, 3.8) is 0 Å². The lowest BCUT2D eigenvalue weighted by atomic mass is 10.2. The van der Waals surface area contributed by atoms with Crippen LogP contribution in [0.3, 0.4) is 0 Å². The van der Waals surface area contributed by atoms with Crippen molar-refractivity contribution in [3.05, 3.63) is 53.6 Å². The number of benzene rings is 2. The van der Waals surface area contributed by atoms with E-state index in [0.29, 0.717) is 23.1 Å². The molecule has 134 valence electrons. The van der Waals surface area contributed by atoms with Gasteiger partial charge in [0, 0.05) is 0 Å². The molecule has 0 bridgehead atoms. The zero-order valence-corrected chi connectivity index (χ0v) is 15.4. The first-order valence-electron chi connectivity index (χ1n) is 8.24. The van der Waals surface area contributed by atoms with E-state index in [2.05, 4.69) is 15.6 Å². The zero-order valence-electron chi connectivity index (χ0n) is 14.5. The molecule has 0 fully saturated rings. The molecule has 0 aliphatic rings. The summed E-state index contributed by atoms with van der Waals surface area (Å²) in [6.45, 7) is 4.14. The average Bonchev–Trinajstić information content (AvgIpc) is 3.04. The highest BCUT2D eigenvalue weighted by atomic mass is 32.1. The number of aromatic nitrogens is 1.